The zero-order chi connectivity index (χ0) is 31.1. The Bertz CT molecular complexity index is 1460. The molecular weight excluding hydrogens is 562 g/mol. The van der Waals surface area contributed by atoms with Crippen molar-refractivity contribution in [3.8, 4) is 5.75 Å². The van der Waals surface area contributed by atoms with Crippen LogP contribution < -0.4 is 25.6 Å². The molecule has 5 rings (SSSR count). The highest BCUT2D eigenvalue weighted by Crippen LogP contribution is 2.33. The van der Waals surface area contributed by atoms with E-state index in [-0.39, 0.29) is 13.2 Å². The summed E-state index contributed by atoms with van der Waals surface area (Å²) in [7, 11) is 1.60. The van der Waals surface area contributed by atoms with E-state index >= 15 is 0 Å². The van der Waals surface area contributed by atoms with E-state index in [2.05, 4.69) is 38.0 Å². The molecule has 2 aromatic heterocycles. The molecule has 234 valence electrons. The van der Waals surface area contributed by atoms with Gasteiger partial charge in [-0.3, -0.25) is 0 Å². The van der Waals surface area contributed by atoms with E-state index in [0.717, 1.165) is 79.5 Å². The zero-order valence-electron chi connectivity index (χ0n) is 25.6. The molecule has 12 nitrogen and oxygen atoms in total. The number of aromatic nitrogens is 3. The number of fused-ring (bicyclic) bond motifs is 1. The molecule has 0 radical (unpaired) electrons. The van der Waals surface area contributed by atoms with Gasteiger partial charge in [0, 0.05) is 49.8 Å². The summed E-state index contributed by atoms with van der Waals surface area (Å²) in [5.41, 5.74) is 4.24. The standard InChI is InChI=1S/C32H41N7O5/c1-20-28(34-19-27(31(40)41)38-32(42)44-18-14-22-6-9-25(43-3)10-7-22)35-21(2)36-30(20)39-16-12-23(13-17-39)26-11-8-24-5-4-15-33-29(24)37-26/h6-11,23,27H,4-5,12-19H2,1-3H3,(H,33,37)(H,38,42)(H,40,41)(H,34,35,36)/t27-/m0/s1. The van der Waals surface area contributed by atoms with Crippen molar-refractivity contribution in [3.05, 3.63) is 64.6 Å². The Kier molecular flexibility index (Phi) is 9.98. The highest BCUT2D eigenvalue weighted by atomic mass is 16.5. The first-order valence-electron chi connectivity index (χ1n) is 15.2. The van der Waals surface area contributed by atoms with Gasteiger partial charge in [-0.15, -0.1) is 0 Å². The lowest BCUT2D eigenvalue weighted by Gasteiger charge is -2.34. The third-order valence-corrected chi connectivity index (χ3v) is 8.21. The molecule has 1 saturated heterocycles. The minimum absolute atomic E-state index is 0.0697. The number of amides is 1. The van der Waals surface area contributed by atoms with E-state index in [1.165, 1.54) is 5.56 Å². The van der Waals surface area contributed by atoms with Gasteiger partial charge in [0.2, 0.25) is 0 Å². The van der Waals surface area contributed by atoms with Crippen molar-refractivity contribution in [3.63, 3.8) is 0 Å². The molecule has 0 saturated carbocycles. The molecule has 1 fully saturated rings. The normalized spacial score (nSPS) is 15.5. The van der Waals surface area contributed by atoms with Gasteiger partial charge >= 0.3 is 12.1 Å². The van der Waals surface area contributed by atoms with Crippen LogP contribution in [0.2, 0.25) is 0 Å². The summed E-state index contributed by atoms with van der Waals surface area (Å²) in [5.74, 6) is 2.93. The first-order valence-corrected chi connectivity index (χ1v) is 15.2. The third-order valence-electron chi connectivity index (χ3n) is 8.21. The van der Waals surface area contributed by atoms with E-state index in [1.54, 1.807) is 7.11 Å². The number of hydrogen-bond donors (Lipinski definition) is 4. The highest BCUT2D eigenvalue weighted by molar-refractivity contribution is 5.80. The summed E-state index contributed by atoms with van der Waals surface area (Å²) < 4.78 is 10.4. The maximum Gasteiger partial charge on any atom is 0.407 e. The van der Waals surface area contributed by atoms with Crippen LogP contribution in [0.4, 0.5) is 22.2 Å². The molecule has 2 aliphatic heterocycles. The van der Waals surface area contributed by atoms with E-state index in [0.29, 0.717) is 24.0 Å². The van der Waals surface area contributed by atoms with E-state index < -0.39 is 18.1 Å². The molecule has 1 aromatic carbocycles. The topological polar surface area (TPSA) is 151 Å². The number of aryl methyl sites for hydroxylation is 2. The number of pyridine rings is 1. The summed E-state index contributed by atoms with van der Waals surface area (Å²) in [6, 6.07) is 10.6. The fourth-order valence-corrected chi connectivity index (χ4v) is 5.69. The van der Waals surface area contributed by atoms with Crippen LogP contribution >= 0.6 is 0 Å². The fraction of sp³-hybridized carbons (Fsp3) is 0.469. The number of nitrogens with zero attached hydrogens (tertiary/aromatic N) is 4. The van der Waals surface area contributed by atoms with Gasteiger partial charge in [-0.25, -0.2) is 24.5 Å². The van der Waals surface area contributed by atoms with Gasteiger partial charge < -0.3 is 35.4 Å². The molecule has 3 aromatic rings. The fourth-order valence-electron chi connectivity index (χ4n) is 5.69. The molecule has 0 unspecified atom stereocenters. The molecule has 1 amide bonds. The number of rotatable bonds is 11. The summed E-state index contributed by atoms with van der Waals surface area (Å²) in [4.78, 5) is 40.7. The van der Waals surface area contributed by atoms with Gasteiger partial charge in [-0.2, -0.15) is 0 Å². The van der Waals surface area contributed by atoms with Gasteiger partial charge in [0.25, 0.3) is 0 Å². The number of methoxy groups -OCH3 is 1. The Balaban J connectivity index is 1.14. The molecule has 1 atom stereocenters. The van der Waals surface area contributed by atoms with Crippen molar-refractivity contribution >= 4 is 29.5 Å². The van der Waals surface area contributed by atoms with Crippen LogP contribution in [0.3, 0.4) is 0 Å². The lowest BCUT2D eigenvalue weighted by Crippen LogP contribution is -2.45. The number of nitrogens with one attached hydrogen (secondary N) is 3. The number of carbonyl (C=O) groups is 2. The Morgan fingerprint density at radius 1 is 1.09 bits per heavy atom. The second-order valence-electron chi connectivity index (χ2n) is 11.3. The molecule has 0 aliphatic carbocycles. The molecule has 4 N–H and O–H groups in total. The van der Waals surface area contributed by atoms with Crippen LogP contribution in [0.25, 0.3) is 0 Å². The lowest BCUT2D eigenvalue weighted by atomic mass is 9.92. The Morgan fingerprint density at radius 2 is 1.86 bits per heavy atom. The van der Waals surface area contributed by atoms with Gasteiger partial charge in [0.05, 0.1) is 13.7 Å². The molecular formula is C32H41N7O5. The smallest absolute Gasteiger partial charge is 0.407 e. The van der Waals surface area contributed by atoms with E-state index in [1.807, 2.05) is 38.1 Å². The summed E-state index contributed by atoms with van der Waals surface area (Å²) in [5, 5.41) is 18.7. The summed E-state index contributed by atoms with van der Waals surface area (Å²) in [6.45, 7) is 6.42. The van der Waals surface area contributed by atoms with Crippen molar-refractivity contribution in [2.24, 2.45) is 0 Å². The van der Waals surface area contributed by atoms with E-state index in [4.69, 9.17) is 19.4 Å². The molecule has 2 aliphatic rings. The number of anilines is 3. The average Bonchev–Trinajstić information content (AvgIpc) is 3.04. The van der Waals surface area contributed by atoms with Gasteiger partial charge in [0.15, 0.2) is 0 Å². The van der Waals surface area contributed by atoms with Crippen molar-refractivity contribution in [2.75, 3.05) is 55.4 Å². The van der Waals surface area contributed by atoms with Crippen molar-refractivity contribution in [1.82, 2.24) is 20.3 Å². The number of benzene rings is 1. The number of carboxylic acid groups (broad SMARTS) is 1. The molecule has 0 spiro atoms. The Morgan fingerprint density at radius 3 is 2.59 bits per heavy atom. The van der Waals surface area contributed by atoms with Crippen LogP contribution in [0.15, 0.2) is 36.4 Å². The molecule has 4 heterocycles. The number of alkyl carbamates (subject to hydrolysis) is 1. The number of carboxylic acids is 1. The summed E-state index contributed by atoms with van der Waals surface area (Å²) >= 11 is 0. The van der Waals surface area contributed by atoms with Crippen molar-refractivity contribution < 1.29 is 24.2 Å². The zero-order valence-corrected chi connectivity index (χ0v) is 25.6. The first kappa shape index (κ1) is 30.8. The molecule has 44 heavy (non-hydrogen) atoms. The Labute approximate surface area is 257 Å². The van der Waals surface area contributed by atoms with Crippen LogP contribution in [-0.2, 0) is 22.4 Å². The number of aliphatic carboxylic acids is 1. The monoisotopic (exact) mass is 603 g/mol. The third kappa shape index (κ3) is 7.66. The maximum absolute atomic E-state index is 12.4. The van der Waals surface area contributed by atoms with Crippen LogP contribution in [0.5, 0.6) is 5.75 Å². The SMILES string of the molecule is COc1ccc(CCOC(=O)N[C@@H](CNc2nc(C)nc(N3CCC(c4ccc5c(n4)NCCC5)CC3)c2C)C(=O)O)cc1. The second-order valence-corrected chi connectivity index (χ2v) is 11.3. The number of hydrogen-bond acceptors (Lipinski definition) is 10. The van der Waals surface area contributed by atoms with Gasteiger partial charge in [0.1, 0.15) is 35.1 Å². The minimum Gasteiger partial charge on any atom is -0.497 e. The number of piperidine rings is 1. The number of ether oxygens (including phenoxy) is 2. The van der Waals surface area contributed by atoms with Crippen LogP contribution in [-0.4, -0.2) is 78.1 Å². The lowest BCUT2D eigenvalue weighted by molar-refractivity contribution is -0.138. The van der Waals surface area contributed by atoms with Gasteiger partial charge in [-0.1, -0.05) is 18.2 Å². The first-order chi connectivity index (χ1) is 21.3. The quantitative estimate of drug-likeness (QED) is 0.251. The maximum atomic E-state index is 12.4. The molecule has 0 bridgehead atoms. The summed E-state index contributed by atoms with van der Waals surface area (Å²) in [6.07, 6.45) is 3.85. The second kappa shape index (κ2) is 14.2. The van der Waals surface area contributed by atoms with Crippen molar-refractivity contribution in [1.29, 1.82) is 0 Å². The predicted molar refractivity (Wildman–Crippen MR) is 168 cm³/mol. The Hall–Kier alpha value is -4.61. The number of carbonyl (C=O) groups excluding carboxylic acids is 1. The van der Waals surface area contributed by atoms with Crippen LogP contribution in [0, 0.1) is 13.8 Å². The van der Waals surface area contributed by atoms with Crippen LogP contribution in [0.1, 0.15) is 53.4 Å². The minimum atomic E-state index is -1.21. The van der Waals surface area contributed by atoms with E-state index in [9.17, 15) is 14.7 Å². The van der Waals surface area contributed by atoms with Gasteiger partial charge in [-0.05, 0) is 68.9 Å². The molecule has 12 heteroatoms. The highest BCUT2D eigenvalue weighted by Gasteiger charge is 2.26. The largest absolute Gasteiger partial charge is 0.497 e. The predicted octanol–water partition coefficient (Wildman–Crippen LogP) is 4.07. The average molecular weight is 604 g/mol. The van der Waals surface area contributed by atoms with Crippen molar-refractivity contribution in [2.45, 2.75) is 57.9 Å².